The van der Waals surface area contributed by atoms with Crippen LogP contribution < -0.4 is 10.1 Å². The number of benzene rings is 2. The van der Waals surface area contributed by atoms with Crippen molar-refractivity contribution in [3.63, 3.8) is 0 Å². The molecule has 2 aromatic rings. The van der Waals surface area contributed by atoms with Crippen molar-refractivity contribution in [3.8, 4) is 5.75 Å². The fourth-order valence-electron chi connectivity index (χ4n) is 2.05. The van der Waals surface area contributed by atoms with Gasteiger partial charge in [-0.25, -0.2) is 9.18 Å². The number of hydrogen-bond acceptors (Lipinski definition) is 5. The number of esters is 1. The number of rotatable bonds is 8. The van der Waals surface area contributed by atoms with E-state index >= 15 is 0 Å². The number of anilines is 1. The maximum Gasteiger partial charge on any atom is 0.347 e. The molecule has 0 aromatic heterocycles. The fourth-order valence-corrected chi connectivity index (χ4v) is 2.55. The standard InChI is InChI=1S/C19H18F3NO4S/c1-11(17(24)23-14-5-9-16(10-6-14)28-19(21)22)27-18(25)12(2)26-15-7-3-13(20)4-8-15/h3-12,19H,1-2H3,(H,23,24)/t11-,12+/m0/s1. The van der Waals surface area contributed by atoms with E-state index in [1.807, 2.05) is 0 Å². The van der Waals surface area contributed by atoms with Crippen LogP contribution in [0.4, 0.5) is 18.9 Å². The lowest BCUT2D eigenvalue weighted by atomic mass is 10.3. The average molecular weight is 413 g/mol. The number of carbonyl (C=O) groups excluding carboxylic acids is 2. The molecule has 28 heavy (non-hydrogen) atoms. The Morgan fingerprint density at radius 1 is 0.964 bits per heavy atom. The second kappa shape index (κ2) is 10.0. The van der Waals surface area contributed by atoms with Crippen molar-refractivity contribution < 1.29 is 32.2 Å². The highest BCUT2D eigenvalue weighted by Gasteiger charge is 2.23. The molecule has 0 aliphatic heterocycles. The number of nitrogens with one attached hydrogen (secondary N) is 1. The van der Waals surface area contributed by atoms with Gasteiger partial charge in [0.1, 0.15) is 11.6 Å². The maximum atomic E-state index is 12.9. The number of hydrogen-bond donors (Lipinski definition) is 1. The van der Waals surface area contributed by atoms with Crippen LogP contribution in [0.5, 0.6) is 5.75 Å². The van der Waals surface area contributed by atoms with Gasteiger partial charge in [-0.05, 0) is 62.4 Å². The van der Waals surface area contributed by atoms with Gasteiger partial charge in [-0.3, -0.25) is 4.79 Å². The summed E-state index contributed by atoms with van der Waals surface area (Å²) in [6.07, 6.45) is -2.12. The van der Waals surface area contributed by atoms with Gasteiger partial charge in [0.05, 0.1) is 0 Å². The minimum absolute atomic E-state index is 0.282. The number of carbonyl (C=O) groups is 2. The smallest absolute Gasteiger partial charge is 0.347 e. The first-order valence-electron chi connectivity index (χ1n) is 8.23. The van der Waals surface area contributed by atoms with Crippen molar-refractivity contribution in [1.82, 2.24) is 0 Å². The van der Waals surface area contributed by atoms with Crippen molar-refractivity contribution >= 4 is 29.3 Å². The highest BCUT2D eigenvalue weighted by atomic mass is 32.2. The van der Waals surface area contributed by atoms with Crippen molar-refractivity contribution in [2.24, 2.45) is 0 Å². The van der Waals surface area contributed by atoms with Gasteiger partial charge in [-0.1, -0.05) is 11.8 Å². The Balaban J connectivity index is 1.85. The molecule has 0 bridgehead atoms. The Hall–Kier alpha value is -2.68. The summed E-state index contributed by atoms with van der Waals surface area (Å²) in [7, 11) is 0. The van der Waals surface area contributed by atoms with Gasteiger partial charge >= 0.3 is 5.97 Å². The van der Waals surface area contributed by atoms with E-state index < -0.39 is 35.7 Å². The lowest BCUT2D eigenvalue weighted by Gasteiger charge is -2.18. The molecule has 0 radical (unpaired) electrons. The summed E-state index contributed by atoms with van der Waals surface area (Å²) in [5.41, 5.74) is 0.377. The number of alkyl halides is 2. The van der Waals surface area contributed by atoms with E-state index in [1.165, 1.54) is 62.4 Å². The highest BCUT2D eigenvalue weighted by Crippen LogP contribution is 2.26. The van der Waals surface area contributed by atoms with E-state index in [0.29, 0.717) is 22.3 Å². The van der Waals surface area contributed by atoms with Crippen molar-refractivity contribution in [1.29, 1.82) is 0 Å². The summed E-state index contributed by atoms with van der Waals surface area (Å²) < 4.78 is 47.9. The third-order valence-corrected chi connectivity index (χ3v) is 4.19. The predicted molar refractivity (Wildman–Crippen MR) is 99.0 cm³/mol. The van der Waals surface area contributed by atoms with Crippen LogP contribution in [0.15, 0.2) is 53.4 Å². The SMILES string of the molecule is C[C@H](OC(=O)[C@@H](C)Oc1ccc(F)cc1)C(=O)Nc1ccc(SC(F)F)cc1. The Kier molecular flexibility index (Phi) is 7.74. The maximum absolute atomic E-state index is 12.9. The minimum Gasteiger partial charge on any atom is -0.479 e. The number of halogens is 3. The molecule has 0 aliphatic rings. The normalized spacial score (nSPS) is 12.9. The quantitative estimate of drug-likeness (QED) is 0.511. The van der Waals surface area contributed by atoms with Crippen molar-refractivity contribution in [2.75, 3.05) is 5.32 Å². The molecule has 1 N–H and O–H groups in total. The molecule has 150 valence electrons. The van der Waals surface area contributed by atoms with E-state index in [-0.39, 0.29) is 5.75 Å². The van der Waals surface area contributed by atoms with Crippen molar-refractivity contribution in [3.05, 3.63) is 54.3 Å². The van der Waals surface area contributed by atoms with Gasteiger partial charge in [0.2, 0.25) is 0 Å². The van der Waals surface area contributed by atoms with Gasteiger partial charge in [-0.15, -0.1) is 0 Å². The van der Waals surface area contributed by atoms with Crippen LogP contribution in [0, 0.1) is 5.82 Å². The summed E-state index contributed by atoms with van der Waals surface area (Å²) in [5.74, 6) is -4.04. The number of amides is 1. The van der Waals surface area contributed by atoms with Crippen LogP contribution in [-0.2, 0) is 14.3 Å². The molecular weight excluding hydrogens is 395 g/mol. The van der Waals surface area contributed by atoms with Gasteiger partial charge < -0.3 is 14.8 Å². The third kappa shape index (κ3) is 6.80. The second-order valence-electron chi connectivity index (χ2n) is 5.69. The Morgan fingerprint density at radius 3 is 2.14 bits per heavy atom. The van der Waals surface area contributed by atoms with Crippen LogP contribution in [-0.4, -0.2) is 29.8 Å². The molecule has 0 saturated carbocycles. The first-order chi connectivity index (χ1) is 13.2. The molecule has 0 spiro atoms. The van der Waals surface area contributed by atoms with E-state index in [2.05, 4.69) is 5.32 Å². The molecule has 0 unspecified atom stereocenters. The molecule has 9 heteroatoms. The van der Waals surface area contributed by atoms with Crippen LogP contribution >= 0.6 is 11.8 Å². The third-order valence-electron chi connectivity index (χ3n) is 3.47. The summed E-state index contributed by atoms with van der Waals surface area (Å²) >= 11 is 0.395. The Morgan fingerprint density at radius 2 is 1.57 bits per heavy atom. The fraction of sp³-hybridized carbons (Fsp3) is 0.263. The van der Waals surface area contributed by atoms with Gasteiger partial charge in [0.25, 0.3) is 11.7 Å². The Labute approximate surface area is 164 Å². The summed E-state index contributed by atoms with van der Waals surface area (Å²) in [4.78, 5) is 24.5. The molecule has 5 nitrogen and oxygen atoms in total. The molecule has 0 saturated heterocycles. The highest BCUT2D eigenvalue weighted by molar-refractivity contribution is 7.99. The zero-order valence-corrected chi connectivity index (χ0v) is 15.8. The first-order valence-corrected chi connectivity index (χ1v) is 9.11. The molecule has 2 aromatic carbocycles. The van der Waals surface area contributed by atoms with Crippen LogP contribution in [0.3, 0.4) is 0 Å². The molecule has 0 fully saturated rings. The van der Waals surface area contributed by atoms with Gasteiger partial charge in [-0.2, -0.15) is 8.78 Å². The van der Waals surface area contributed by atoms with Crippen LogP contribution in [0.1, 0.15) is 13.8 Å². The molecule has 1 amide bonds. The molecule has 2 rings (SSSR count). The lowest BCUT2D eigenvalue weighted by molar-refractivity contribution is -0.159. The Bertz CT molecular complexity index is 800. The van der Waals surface area contributed by atoms with Gasteiger partial charge in [0.15, 0.2) is 12.2 Å². The summed E-state index contributed by atoms with van der Waals surface area (Å²) in [6, 6.07) is 10.9. The number of ether oxygens (including phenoxy) is 2. The van der Waals surface area contributed by atoms with Crippen LogP contribution in [0.2, 0.25) is 0 Å². The van der Waals surface area contributed by atoms with Gasteiger partial charge in [0, 0.05) is 10.6 Å². The molecule has 2 atom stereocenters. The predicted octanol–water partition coefficient (Wildman–Crippen LogP) is 4.48. The average Bonchev–Trinajstić information content (AvgIpc) is 2.64. The lowest BCUT2D eigenvalue weighted by Crippen LogP contribution is -2.35. The van der Waals surface area contributed by atoms with Crippen molar-refractivity contribution in [2.45, 2.75) is 36.7 Å². The zero-order chi connectivity index (χ0) is 20.7. The van der Waals surface area contributed by atoms with E-state index in [0.717, 1.165) is 0 Å². The number of thioether (sulfide) groups is 1. The van der Waals surface area contributed by atoms with E-state index in [4.69, 9.17) is 9.47 Å². The minimum atomic E-state index is -2.53. The summed E-state index contributed by atoms with van der Waals surface area (Å²) in [5, 5.41) is 2.53. The topological polar surface area (TPSA) is 64.6 Å². The van der Waals surface area contributed by atoms with E-state index in [9.17, 15) is 22.8 Å². The second-order valence-corrected chi connectivity index (χ2v) is 6.75. The largest absolute Gasteiger partial charge is 0.479 e. The monoisotopic (exact) mass is 413 g/mol. The molecule has 0 aliphatic carbocycles. The molecular formula is C19H18F3NO4S. The van der Waals surface area contributed by atoms with E-state index in [1.54, 1.807) is 0 Å². The zero-order valence-electron chi connectivity index (χ0n) is 15.0. The first kappa shape index (κ1) is 21.6. The molecule has 0 heterocycles. The van der Waals surface area contributed by atoms with Crippen LogP contribution in [0.25, 0.3) is 0 Å². The summed E-state index contributed by atoms with van der Waals surface area (Å²) in [6.45, 7) is 2.83.